The normalized spacial score (nSPS) is 12.2. The van der Waals surface area contributed by atoms with Crippen molar-refractivity contribution in [2.75, 3.05) is 0 Å². The molecule has 0 radical (unpaired) electrons. The van der Waals surface area contributed by atoms with Gasteiger partial charge in [0, 0.05) is 27.1 Å². The van der Waals surface area contributed by atoms with Crippen molar-refractivity contribution in [1.82, 2.24) is 14.5 Å². The van der Waals surface area contributed by atoms with Gasteiger partial charge in [-0.1, -0.05) is 133 Å². The topological polar surface area (TPSA) is 43.9 Å². The highest BCUT2D eigenvalue weighted by Gasteiger charge is 2.24. The first-order valence-corrected chi connectivity index (χ1v) is 16.3. The van der Waals surface area contributed by atoms with Gasteiger partial charge < -0.3 is 4.42 Å². The molecule has 0 aliphatic rings. The molecule has 3 aromatic heterocycles. The molecule has 11 aromatic rings. The Morgan fingerprint density at radius 1 is 0.396 bits per heavy atom. The average Bonchev–Trinajstić information content (AvgIpc) is 3.71. The number of para-hydroxylation sites is 1. The predicted octanol–water partition coefficient (Wildman–Crippen LogP) is 11.8. The Kier molecular flexibility index (Phi) is 5.08. The lowest BCUT2D eigenvalue weighted by molar-refractivity contribution is 0.651. The molecule has 0 atom stereocenters. The summed E-state index contributed by atoms with van der Waals surface area (Å²) >= 11 is 0. The molecule has 0 fully saturated rings. The summed E-state index contributed by atoms with van der Waals surface area (Å²) in [5, 5.41) is 14.2. The number of hydrogen-bond donors (Lipinski definition) is 0. The van der Waals surface area contributed by atoms with Gasteiger partial charge in [0.05, 0.1) is 22.1 Å². The molecule has 48 heavy (non-hydrogen) atoms. The highest BCUT2D eigenvalue weighted by molar-refractivity contribution is 6.37. The number of rotatable bonds is 2. The number of nitrogens with zero attached hydrogens (tertiary/aromatic N) is 3. The van der Waals surface area contributed by atoms with Crippen LogP contribution in [-0.4, -0.2) is 14.5 Å². The first-order chi connectivity index (χ1) is 23.8. The monoisotopic (exact) mass is 611 g/mol. The van der Waals surface area contributed by atoms with Gasteiger partial charge in [0.2, 0.25) is 11.7 Å². The lowest BCUT2D eigenvalue weighted by Crippen LogP contribution is -2.02. The van der Waals surface area contributed by atoms with E-state index < -0.39 is 0 Å². The smallest absolute Gasteiger partial charge is 0.238 e. The van der Waals surface area contributed by atoms with Gasteiger partial charge in [-0.05, 0) is 55.9 Å². The Morgan fingerprint density at radius 3 is 1.77 bits per heavy atom. The third-order valence-corrected chi connectivity index (χ3v) is 10.0. The number of benzene rings is 8. The minimum absolute atomic E-state index is 0.577. The molecule has 0 aliphatic heterocycles. The van der Waals surface area contributed by atoms with E-state index in [0.717, 1.165) is 38.6 Å². The Morgan fingerprint density at radius 2 is 0.979 bits per heavy atom. The zero-order chi connectivity index (χ0) is 31.3. The summed E-state index contributed by atoms with van der Waals surface area (Å²) in [6, 6.07) is 53.7. The maximum atomic E-state index is 6.46. The fourth-order valence-corrected chi connectivity index (χ4v) is 8.00. The molecule has 0 unspecified atom stereocenters. The summed E-state index contributed by atoms with van der Waals surface area (Å²) in [6.07, 6.45) is 0. The number of fused-ring (bicyclic) bond motifs is 15. The van der Waals surface area contributed by atoms with Crippen molar-refractivity contribution in [3.05, 3.63) is 152 Å². The van der Waals surface area contributed by atoms with Crippen LogP contribution in [0.1, 0.15) is 0 Å². The van der Waals surface area contributed by atoms with E-state index in [9.17, 15) is 0 Å². The van der Waals surface area contributed by atoms with Crippen molar-refractivity contribution in [2.45, 2.75) is 0 Å². The van der Waals surface area contributed by atoms with Crippen molar-refractivity contribution in [3.8, 4) is 17.2 Å². The van der Waals surface area contributed by atoms with Crippen molar-refractivity contribution in [3.63, 3.8) is 0 Å². The second-order valence-electron chi connectivity index (χ2n) is 12.5. The molecule has 0 N–H and O–H groups in total. The Bertz CT molecular complexity index is 3080. The Balaban J connectivity index is 1.38. The van der Waals surface area contributed by atoms with E-state index in [1.165, 1.54) is 53.9 Å². The zero-order valence-corrected chi connectivity index (χ0v) is 25.7. The van der Waals surface area contributed by atoms with Gasteiger partial charge >= 0.3 is 0 Å². The van der Waals surface area contributed by atoms with Crippen LogP contribution in [0.5, 0.6) is 0 Å². The third kappa shape index (κ3) is 3.38. The van der Waals surface area contributed by atoms with Gasteiger partial charge in [-0.15, -0.1) is 0 Å². The third-order valence-electron chi connectivity index (χ3n) is 10.0. The summed E-state index contributed by atoms with van der Waals surface area (Å²) in [4.78, 5) is 10.6. The van der Waals surface area contributed by atoms with Crippen LogP contribution in [-0.2, 0) is 0 Å². The zero-order valence-electron chi connectivity index (χ0n) is 25.7. The standard InChI is InChI=1S/C44H25N3O/c1-2-13-27(14-3-1)42-40-34-20-10-11-21-37(34)48-43(40)46-44(45-42)47-35-24-22-26-12-4-5-15-28(26)39(35)41-36(47)25-23-33-31-18-7-6-16-29(31)30-17-8-9-19-32(30)38(33)41/h1-25H. The van der Waals surface area contributed by atoms with Gasteiger partial charge in [0.25, 0.3) is 0 Å². The Hall–Kier alpha value is -6.52. The maximum Gasteiger partial charge on any atom is 0.238 e. The molecule has 0 saturated heterocycles. The number of hydrogen-bond acceptors (Lipinski definition) is 3. The van der Waals surface area contributed by atoms with E-state index in [2.05, 4.69) is 132 Å². The summed E-state index contributed by atoms with van der Waals surface area (Å²) in [5.41, 5.74) is 5.37. The molecule has 3 heterocycles. The van der Waals surface area contributed by atoms with Gasteiger partial charge in [-0.3, -0.25) is 4.57 Å². The molecule has 0 spiro atoms. The highest BCUT2D eigenvalue weighted by Crippen LogP contribution is 2.45. The number of aromatic nitrogens is 3. The van der Waals surface area contributed by atoms with Gasteiger partial charge in [0.15, 0.2) is 0 Å². The van der Waals surface area contributed by atoms with Crippen LogP contribution in [0.3, 0.4) is 0 Å². The van der Waals surface area contributed by atoms with Gasteiger partial charge in [0.1, 0.15) is 5.58 Å². The lowest BCUT2D eigenvalue weighted by atomic mass is 9.91. The SMILES string of the molecule is c1ccc(-c2nc(-n3c4ccc5ccccc5c4c4c5c6ccccc6c6ccccc6c5ccc43)nc3oc4ccccc4c23)cc1. The van der Waals surface area contributed by atoms with E-state index in [1.807, 2.05) is 24.3 Å². The van der Waals surface area contributed by atoms with Gasteiger partial charge in [-0.25, -0.2) is 4.98 Å². The second kappa shape index (κ2) is 9.50. The largest absolute Gasteiger partial charge is 0.437 e. The summed E-state index contributed by atoms with van der Waals surface area (Å²) in [5.74, 6) is 0.583. The molecule has 0 aliphatic carbocycles. The fourth-order valence-electron chi connectivity index (χ4n) is 8.00. The van der Waals surface area contributed by atoms with E-state index in [4.69, 9.17) is 14.4 Å². The van der Waals surface area contributed by atoms with Crippen LogP contribution in [0, 0.1) is 0 Å². The van der Waals surface area contributed by atoms with E-state index in [0.29, 0.717) is 11.7 Å². The number of furan rings is 1. The van der Waals surface area contributed by atoms with E-state index >= 15 is 0 Å². The molecule has 4 heteroatoms. The van der Waals surface area contributed by atoms with Crippen LogP contribution < -0.4 is 0 Å². The highest BCUT2D eigenvalue weighted by atomic mass is 16.3. The maximum absolute atomic E-state index is 6.46. The van der Waals surface area contributed by atoms with Crippen LogP contribution in [0.4, 0.5) is 0 Å². The van der Waals surface area contributed by atoms with Crippen molar-refractivity contribution in [2.24, 2.45) is 0 Å². The van der Waals surface area contributed by atoms with Crippen LogP contribution >= 0.6 is 0 Å². The van der Waals surface area contributed by atoms with Crippen LogP contribution in [0.25, 0.3) is 104 Å². The quantitative estimate of drug-likeness (QED) is 0.183. The molecule has 222 valence electrons. The molecule has 11 rings (SSSR count). The average molecular weight is 612 g/mol. The van der Waals surface area contributed by atoms with Crippen LogP contribution in [0.15, 0.2) is 156 Å². The minimum Gasteiger partial charge on any atom is -0.437 e. The van der Waals surface area contributed by atoms with Crippen molar-refractivity contribution >= 4 is 87.0 Å². The second-order valence-corrected chi connectivity index (χ2v) is 12.5. The molecule has 0 bridgehead atoms. The molecule has 0 amide bonds. The first kappa shape index (κ1) is 25.6. The lowest BCUT2D eigenvalue weighted by Gasteiger charge is -2.12. The van der Waals surface area contributed by atoms with E-state index in [-0.39, 0.29) is 0 Å². The van der Waals surface area contributed by atoms with E-state index in [1.54, 1.807) is 0 Å². The molecular weight excluding hydrogens is 587 g/mol. The predicted molar refractivity (Wildman–Crippen MR) is 199 cm³/mol. The summed E-state index contributed by atoms with van der Waals surface area (Å²) < 4.78 is 8.70. The molecule has 8 aromatic carbocycles. The molecular formula is C44H25N3O. The van der Waals surface area contributed by atoms with Crippen LogP contribution in [0.2, 0.25) is 0 Å². The summed E-state index contributed by atoms with van der Waals surface area (Å²) in [6.45, 7) is 0. The van der Waals surface area contributed by atoms with Gasteiger partial charge in [-0.2, -0.15) is 4.98 Å². The fraction of sp³-hybridized carbons (Fsp3) is 0. The van der Waals surface area contributed by atoms with Crippen molar-refractivity contribution in [1.29, 1.82) is 0 Å². The first-order valence-electron chi connectivity index (χ1n) is 16.3. The van der Waals surface area contributed by atoms with Crippen molar-refractivity contribution < 1.29 is 4.42 Å². The molecule has 4 nitrogen and oxygen atoms in total. The summed E-state index contributed by atoms with van der Waals surface area (Å²) in [7, 11) is 0. The Labute approximate surface area is 274 Å². The molecule has 0 saturated carbocycles. The minimum atomic E-state index is 0.577.